The van der Waals surface area contributed by atoms with Crippen LogP contribution in [0.25, 0.3) is 0 Å². The van der Waals surface area contributed by atoms with Crippen molar-refractivity contribution in [2.24, 2.45) is 11.8 Å². The summed E-state index contributed by atoms with van der Waals surface area (Å²) >= 11 is 0. The molecule has 0 spiro atoms. The predicted molar refractivity (Wildman–Crippen MR) is 72.0 cm³/mol. The van der Waals surface area contributed by atoms with Gasteiger partial charge in [-0.25, -0.2) is 0 Å². The molecule has 0 aromatic heterocycles. The summed E-state index contributed by atoms with van der Waals surface area (Å²) in [5, 5.41) is 3.86. The van der Waals surface area contributed by atoms with Crippen molar-refractivity contribution in [2.75, 3.05) is 20.6 Å². The summed E-state index contributed by atoms with van der Waals surface area (Å²) in [6, 6.07) is 0.774. The minimum atomic E-state index is 0.452. The molecule has 2 nitrogen and oxygen atoms in total. The minimum Gasteiger partial charge on any atom is -0.312 e. The van der Waals surface area contributed by atoms with Crippen molar-refractivity contribution in [3.8, 4) is 0 Å². The fraction of sp³-hybridized carbons (Fsp3) is 0.867. The molecule has 0 radical (unpaired) electrons. The summed E-state index contributed by atoms with van der Waals surface area (Å²) in [6.07, 6.45) is 13.2. The third-order valence-corrected chi connectivity index (χ3v) is 5.54. The molecule has 0 amide bonds. The van der Waals surface area contributed by atoms with Crippen LogP contribution >= 0.6 is 0 Å². The van der Waals surface area contributed by atoms with Gasteiger partial charge in [0.1, 0.15) is 0 Å². The van der Waals surface area contributed by atoms with Gasteiger partial charge in [0.15, 0.2) is 0 Å². The van der Waals surface area contributed by atoms with Gasteiger partial charge in [0.2, 0.25) is 0 Å². The maximum Gasteiger partial charge on any atom is 0.0327 e. The molecule has 96 valence electrons. The Hall–Kier alpha value is -0.340. The highest BCUT2D eigenvalue weighted by molar-refractivity contribution is 5.13. The molecule has 0 aliphatic heterocycles. The number of nitrogens with one attached hydrogen (secondary N) is 1. The Bertz CT molecular complexity index is 302. The Labute approximate surface area is 105 Å². The van der Waals surface area contributed by atoms with Crippen molar-refractivity contribution in [2.45, 2.75) is 50.1 Å². The predicted octanol–water partition coefficient (Wildman–Crippen LogP) is 2.42. The zero-order chi connectivity index (χ0) is 11.9. The van der Waals surface area contributed by atoms with Crippen LogP contribution in [-0.4, -0.2) is 37.1 Å². The first-order valence-corrected chi connectivity index (χ1v) is 7.29. The molecule has 2 heteroatoms. The van der Waals surface area contributed by atoms with E-state index in [0.29, 0.717) is 5.54 Å². The molecular weight excluding hydrogens is 208 g/mol. The quantitative estimate of drug-likeness (QED) is 0.752. The third-order valence-electron chi connectivity index (χ3n) is 5.54. The van der Waals surface area contributed by atoms with E-state index in [4.69, 9.17) is 0 Å². The average Bonchev–Trinajstić information content (AvgIpc) is 2.87. The normalized spacial score (nSPS) is 38.4. The summed E-state index contributed by atoms with van der Waals surface area (Å²) in [4.78, 5) is 2.47. The van der Waals surface area contributed by atoms with Gasteiger partial charge < -0.3 is 10.2 Å². The monoisotopic (exact) mass is 234 g/mol. The Kier molecular flexibility index (Phi) is 3.04. The first-order valence-electron chi connectivity index (χ1n) is 7.29. The summed E-state index contributed by atoms with van der Waals surface area (Å²) in [5.41, 5.74) is 0.452. The maximum atomic E-state index is 3.86. The van der Waals surface area contributed by atoms with E-state index >= 15 is 0 Å². The molecule has 1 N–H and O–H groups in total. The molecule has 3 unspecified atom stereocenters. The van der Waals surface area contributed by atoms with Crippen LogP contribution in [0.4, 0.5) is 0 Å². The molecular formula is C15H26N2. The molecule has 3 rings (SSSR count). The first kappa shape index (κ1) is 11.7. The lowest BCUT2D eigenvalue weighted by Crippen LogP contribution is -2.56. The van der Waals surface area contributed by atoms with Crippen LogP contribution in [0.5, 0.6) is 0 Å². The molecule has 0 aromatic carbocycles. The largest absolute Gasteiger partial charge is 0.312 e. The Morgan fingerprint density at radius 1 is 1.29 bits per heavy atom. The van der Waals surface area contributed by atoms with Gasteiger partial charge in [-0.15, -0.1) is 0 Å². The Morgan fingerprint density at radius 2 is 2.06 bits per heavy atom. The minimum absolute atomic E-state index is 0.452. The SMILES string of the molecule is CN(C)C1(CNC2CC3CC=CC32)CCCC1. The topological polar surface area (TPSA) is 15.3 Å². The van der Waals surface area contributed by atoms with Crippen LogP contribution < -0.4 is 5.32 Å². The number of likely N-dealkylation sites (N-methyl/N-ethyl adjacent to an activating group) is 1. The van der Waals surface area contributed by atoms with E-state index in [9.17, 15) is 0 Å². The fourth-order valence-corrected chi connectivity index (χ4v) is 4.08. The van der Waals surface area contributed by atoms with Gasteiger partial charge in [-0.2, -0.15) is 0 Å². The maximum absolute atomic E-state index is 3.86. The molecule has 3 aliphatic carbocycles. The van der Waals surface area contributed by atoms with Crippen LogP contribution in [0.15, 0.2) is 12.2 Å². The third kappa shape index (κ3) is 1.96. The molecule has 3 atom stereocenters. The van der Waals surface area contributed by atoms with Crippen molar-refractivity contribution < 1.29 is 0 Å². The second-order valence-electron chi connectivity index (χ2n) is 6.55. The standard InChI is InChI=1S/C15H26N2/c1-17(2)15(8-3-4-9-15)11-16-14-10-12-6-5-7-13(12)14/h5,7,12-14,16H,3-4,6,8-11H2,1-2H3. The van der Waals surface area contributed by atoms with Crippen LogP contribution in [0.2, 0.25) is 0 Å². The Balaban J connectivity index is 1.54. The van der Waals surface area contributed by atoms with Gasteiger partial charge >= 0.3 is 0 Å². The summed E-state index contributed by atoms with van der Waals surface area (Å²) in [5.74, 6) is 1.84. The van der Waals surface area contributed by atoms with E-state index in [1.54, 1.807) is 0 Å². The highest BCUT2D eigenvalue weighted by Crippen LogP contribution is 2.43. The van der Waals surface area contributed by atoms with Crippen molar-refractivity contribution in [3.63, 3.8) is 0 Å². The van der Waals surface area contributed by atoms with Crippen LogP contribution in [0.3, 0.4) is 0 Å². The van der Waals surface area contributed by atoms with Gasteiger partial charge in [-0.3, -0.25) is 0 Å². The lowest BCUT2D eigenvalue weighted by atomic mass is 9.71. The van der Waals surface area contributed by atoms with Crippen molar-refractivity contribution >= 4 is 0 Å². The van der Waals surface area contributed by atoms with E-state index < -0.39 is 0 Å². The molecule has 2 saturated carbocycles. The Morgan fingerprint density at radius 3 is 2.71 bits per heavy atom. The molecule has 0 bridgehead atoms. The van der Waals surface area contributed by atoms with Crippen molar-refractivity contribution in [3.05, 3.63) is 12.2 Å². The van der Waals surface area contributed by atoms with E-state index in [-0.39, 0.29) is 0 Å². The lowest BCUT2D eigenvalue weighted by Gasteiger charge is -2.44. The fourth-order valence-electron chi connectivity index (χ4n) is 4.08. The van der Waals surface area contributed by atoms with Gasteiger partial charge in [0, 0.05) is 18.1 Å². The summed E-state index contributed by atoms with van der Waals surface area (Å²) in [7, 11) is 4.51. The van der Waals surface area contributed by atoms with E-state index in [1.165, 1.54) is 45.1 Å². The van der Waals surface area contributed by atoms with Gasteiger partial charge in [-0.1, -0.05) is 25.0 Å². The van der Waals surface area contributed by atoms with E-state index in [2.05, 4.69) is 36.5 Å². The number of hydrogen-bond donors (Lipinski definition) is 1. The van der Waals surface area contributed by atoms with E-state index in [0.717, 1.165) is 17.9 Å². The zero-order valence-electron chi connectivity index (χ0n) is 11.3. The van der Waals surface area contributed by atoms with Crippen molar-refractivity contribution in [1.82, 2.24) is 10.2 Å². The number of allylic oxidation sites excluding steroid dienone is 1. The van der Waals surface area contributed by atoms with E-state index in [1.807, 2.05) is 0 Å². The number of hydrogen-bond acceptors (Lipinski definition) is 2. The first-order chi connectivity index (χ1) is 8.21. The highest BCUT2D eigenvalue weighted by Gasteiger charge is 2.43. The van der Waals surface area contributed by atoms with Gasteiger partial charge in [-0.05, 0) is 51.6 Å². The highest BCUT2D eigenvalue weighted by atomic mass is 15.2. The smallest absolute Gasteiger partial charge is 0.0327 e. The molecule has 0 aromatic rings. The van der Waals surface area contributed by atoms with Crippen LogP contribution in [0, 0.1) is 11.8 Å². The molecule has 0 heterocycles. The van der Waals surface area contributed by atoms with Gasteiger partial charge in [0.05, 0.1) is 0 Å². The second-order valence-corrected chi connectivity index (χ2v) is 6.55. The zero-order valence-corrected chi connectivity index (χ0v) is 11.3. The lowest BCUT2D eigenvalue weighted by molar-refractivity contribution is 0.110. The second kappa shape index (κ2) is 4.40. The van der Waals surface area contributed by atoms with Crippen molar-refractivity contribution in [1.29, 1.82) is 0 Å². The average molecular weight is 234 g/mol. The number of fused-ring (bicyclic) bond motifs is 1. The van der Waals surface area contributed by atoms with Crippen LogP contribution in [-0.2, 0) is 0 Å². The number of rotatable bonds is 4. The van der Waals surface area contributed by atoms with Gasteiger partial charge in [0.25, 0.3) is 0 Å². The molecule has 17 heavy (non-hydrogen) atoms. The molecule has 3 aliphatic rings. The molecule has 2 fully saturated rings. The summed E-state index contributed by atoms with van der Waals surface area (Å²) < 4.78 is 0. The van der Waals surface area contributed by atoms with Crippen LogP contribution in [0.1, 0.15) is 38.5 Å². The summed E-state index contributed by atoms with van der Waals surface area (Å²) in [6.45, 7) is 1.20. The number of nitrogens with zero attached hydrogens (tertiary/aromatic N) is 1. The molecule has 0 saturated heterocycles.